The summed E-state index contributed by atoms with van der Waals surface area (Å²) in [5.74, 6) is -0.201. The van der Waals surface area contributed by atoms with Crippen molar-refractivity contribution >= 4 is 23.5 Å². The van der Waals surface area contributed by atoms with Crippen molar-refractivity contribution in [2.75, 3.05) is 11.9 Å². The van der Waals surface area contributed by atoms with Gasteiger partial charge in [0.25, 0.3) is 5.91 Å². The van der Waals surface area contributed by atoms with Crippen molar-refractivity contribution in [3.05, 3.63) is 60.3 Å². The van der Waals surface area contributed by atoms with E-state index in [9.17, 15) is 14.4 Å². The Hall–Kier alpha value is -3.22. The van der Waals surface area contributed by atoms with Crippen molar-refractivity contribution in [3.63, 3.8) is 0 Å². The molecule has 0 aliphatic rings. The lowest BCUT2D eigenvalue weighted by Crippen LogP contribution is -2.38. The van der Waals surface area contributed by atoms with Crippen molar-refractivity contribution in [1.29, 1.82) is 0 Å². The number of nitrogens with one attached hydrogen (secondary N) is 3. The molecule has 0 saturated carbocycles. The number of amides is 3. The van der Waals surface area contributed by atoms with Gasteiger partial charge in [-0.3, -0.25) is 14.4 Å². The van der Waals surface area contributed by atoms with Crippen LogP contribution in [0.4, 0.5) is 5.82 Å². The van der Waals surface area contributed by atoms with E-state index < -0.39 is 0 Å². The van der Waals surface area contributed by atoms with Gasteiger partial charge in [0.2, 0.25) is 11.8 Å². The van der Waals surface area contributed by atoms with Crippen molar-refractivity contribution < 1.29 is 14.4 Å². The van der Waals surface area contributed by atoms with Crippen LogP contribution in [0.1, 0.15) is 30.1 Å². The fraction of sp³-hybridized carbons (Fsp3) is 0.263. The normalized spacial score (nSPS) is 11.3. The second-order valence-corrected chi connectivity index (χ2v) is 5.81. The Morgan fingerprint density at radius 1 is 1.00 bits per heavy atom. The molecule has 1 atom stereocenters. The lowest BCUT2D eigenvalue weighted by Gasteiger charge is -2.14. The van der Waals surface area contributed by atoms with E-state index in [1.54, 1.807) is 55.6 Å². The van der Waals surface area contributed by atoms with E-state index in [4.69, 9.17) is 0 Å². The van der Waals surface area contributed by atoms with Crippen LogP contribution in [0.25, 0.3) is 0 Å². The maximum Gasteiger partial charge on any atom is 0.251 e. The van der Waals surface area contributed by atoms with Crippen LogP contribution >= 0.6 is 0 Å². The molecule has 7 nitrogen and oxygen atoms in total. The molecule has 0 saturated heterocycles. The molecule has 26 heavy (non-hydrogen) atoms. The zero-order chi connectivity index (χ0) is 18.8. The highest BCUT2D eigenvalue weighted by molar-refractivity contribution is 5.94. The molecule has 1 aromatic heterocycles. The third kappa shape index (κ3) is 6.72. The molecule has 7 heteroatoms. The van der Waals surface area contributed by atoms with Crippen LogP contribution in [0.2, 0.25) is 0 Å². The second-order valence-electron chi connectivity index (χ2n) is 5.81. The predicted molar refractivity (Wildman–Crippen MR) is 98.5 cm³/mol. The van der Waals surface area contributed by atoms with Gasteiger partial charge < -0.3 is 16.0 Å². The molecule has 0 aliphatic carbocycles. The molecular weight excluding hydrogens is 332 g/mol. The highest BCUT2D eigenvalue weighted by Crippen LogP contribution is 2.01. The van der Waals surface area contributed by atoms with Crippen molar-refractivity contribution in [3.8, 4) is 0 Å². The Kier molecular flexibility index (Phi) is 7.30. The average Bonchev–Trinajstić information content (AvgIpc) is 2.63. The summed E-state index contributed by atoms with van der Waals surface area (Å²) in [5.41, 5.74) is 0.547. The van der Waals surface area contributed by atoms with Crippen LogP contribution in [-0.2, 0) is 9.59 Å². The summed E-state index contributed by atoms with van der Waals surface area (Å²) >= 11 is 0. The van der Waals surface area contributed by atoms with Gasteiger partial charge in [-0.1, -0.05) is 24.3 Å². The molecule has 2 aromatic rings. The Bertz CT molecular complexity index is 735. The third-order valence-corrected chi connectivity index (χ3v) is 3.51. The summed E-state index contributed by atoms with van der Waals surface area (Å²) in [6, 6.07) is 13.7. The number of rotatable bonds is 8. The fourth-order valence-electron chi connectivity index (χ4n) is 2.26. The second kappa shape index (κ2) is 9.93. The molecule has 0 bridgehead atoms. The van der Waals surface area contributed by atoms with Crippen LogP contribution in [-0.4, -0.2) is 35.3 Å². The number of pyridine rings is 1. The lowest BCUT2D eigenvalue weighted by molar-refractivity contribution is -0.121. The van der Waals surface area contributed by atoms with Crippen LogP contribution in [0.5, 0.6) is 0 Å². The van der Waals surface area contributed by atoms with Gasteiger partial charge in [0.05, 0.1) is 0 Å². The molecule has 136 valence electrons. The van der Waals surface area contributed by atoms with Gasteiger partial charge in [0.1, 0.15) is 5.82 Å². The quantitative estimate of drug-likeness (QED) is 0.672. The zero-order valence-corrected chi connectivity index (χ0v) is 14.6. The molecule has 1 heterocycles. The first-order valence-corrected chi connectivity index (χ1v) is 8.38. The number of benzene rings is 1. The molecule has 0 fully saturated rings. The zero-order valence-electron chi connectivity index (χ0n) is 14.6. The lowest BCUT2D eigenvalue weighted by atomic mass is 10.1. The fourth-order valence-corrected chi connectivity index (χ4v) is 2.26. The number of aromatic nitrogens is 1. The van der Waals surface area contributed by atoms with E-state index in [-0.39, 0.29) is 43.1 Å². The minimum absolute atomic E-state index is 0.139. The van der Waals surface area contributed by atoms with E-state index >= 15 is 0 Å². The molecule has 0 radical (unpaired) electrons. The van der Waals surface area contributed by atoms with Crippen LogP contribution in [0, 0.1) is 0 Å². The standard InChI is InChI=1S/C19H22N4O3/c1-14(22-19(26)15-7-3-2-4-8-15)13-18(25)21-12-10-17(24)23-16-9-5-6-11-20-16/h2-9,11,14H,10,12-13H2,1H3,(H,21,25)(H,22,26)(H,20,23,24)/t14-/m1/s1. The van der Waals surface area contributed by atoms with E-state index in [1.807, 2.05) is 6.07 Å². The first kappa shape index (κ1) is 19.1. The van der Waals surface area contributed by atoms with Crippen LogP contribution < -0.4 is 16.0 Å². The van der Waals surface area contributed by atoms with Gasteiger partial charge in [-0.25, -0.2) is 4.98 Å². The SMILES string of the molecule is C[C@H](CC(=O)NCCC(=O)Nc1ccccn1)NC(=O)c1ccccc1. The monoisotopic (exact) mass is 354 g/mol. The van der Waals surface area contributed by atoms with E-state index in [0.29, 0.717) is 11.4 Å². The summed E-state index contributed by atoms with van der Waals surface area (Å²) in [6.45, 7) is 1.98. The summed E-state index contributed by atoms with van der Waals surface area (Å²) in [5, 5.41) is 8.09. The first-order valence-electron chi connectivity index (χ1n) is 8.38. The van der Waals surface area contributed by atoms with Gasteiger partial charge in [-0.05, 0) is 31.2 Å². The Morgan fingerprint density at radius 2 is 1.73 bits per heavy atom. The van der Waals surface area contributed by atoms with Crippen LogP contribution in [0.3, 0.4) is 0 Å². The average molecular weight is 354 g/mol. The Morgan fingerprint density at radius 3 is 2.42 bits per heavy atom. The maximum atomic E-state index is 12.0. The minimum Gasteiger partial charge on any atom is -0.356 e. The highest BCUT2D eigenvalue weighted by atomic mass is 16.2. The van der Waals surface area contributed by atoms with Crippen molar-refractivity contribution in [1.82, 2.24) is 15.6 Å². The summed E-state index contributed by atoms with van der Waals surface area (Å²) in [4.78, 5) is 39.7. The minimum atomic E-state index is -0.315. The summed E-state index contributed by atoms with van der Waals surface area (Å²) in [7, 11) is 0. The van der Waals surface area contributed by atoms with E-state index in [0.717, 1.165) is 0 Å². The predicted octanol–water partition coefficient (Wildman–Crippen LogP) is 1.73. The molecule has 3 amide bonds. The third-order valence-electron chi connectivity index (χ3n) is 3.51. The molecular formula is C19H22N4O3. The van der Waals surface area contributed by atoms with E-state index in [2.05, 4.69) is 20.9 Å². The van der Waals surface area contributed by atoms with Gasteiger partial charge >= 0.3 is 0 Å². The summed E-state index contributed by atoms with van der Waals surface area (Å²) in [6.07, 6.45) is 1.87. The number of hydrogen-bond donors (Lipinski definition) is 3. The van der Waals surface area contributed by atoms with Gasteiger partial charge in [-0.15, -0.1) is 0 Å². The molecule has 0 spiro atoms. The Labute approximate surface area is 152 Å². The van der Waals surface area contributed by atoms with Gasteiger partial charge in [0, 0.05) is 37.2 Å². The first-order chi connectivity index (χ1) is 12.5. The number of nitrogens with zero attached hydrogens (tertiary/aromatic N) is 1. The number of carbonyl (C=O) groups is 3. The molecule has 2 rings (SSSR count). The van der Waals surface area contributed by atoms with Crippen LogP contribution in [0.15, 0.2) is 54.7 Å². The number of anilines is 1. The Balaban J connectivity index is 1.65. The maximum absolute atomic E-state index is 12.0. The number of carbonyl (C=O) groups excluding carboxylic acids is 3. The highest BCUT2D eigenvalue weighted by Gasteiger charge is 2.13. The smallest absolute Gasteiger partial charge is 0.251 e. The largest absolute Gasteiger partial charge is 0.356 e. The van der Waals surface area contributed by atoms with Gasteiger partial charge in [0.15, 0.2) is 0 Å². The van der Waals surface area contributed by atoms with Gasteiger partial charge in [-0.2, -0.15) is 0 Å². The molecule has 3 N–H and O–H groups in total. The van der Waals surface area contributed by atoms with Crippen molar-refractivity contribution in [2.24, 2.45) is 0 Å². The topological polar surface area (TPSA) is 100 Å². The molecule has 0 unspecified atom stereocenters. The number of hydrogen-bond acceptors (Lipinski definition) is 4. The summed E-state index contributed by atoms with van der Waals surface area (Å²) < 4.78 is 0. The van der Waals surface area contributed by atoms with Crippen molar-refractivity contribution in [2.45, 2.75) is 25.8 Å². The van der Waals surface area contributed by atoms with E-state index in [1.165, 1.54) is 0 Å². The molecule has 0 aliphatic heterocycles. The molecule has 1 aromatic carbocycles.